The van der Waals surface area contributed by atoms with E-state index in [1.54, 1.807) is 0 Å². The summed E-state index contributed by atoms with van der Waals surface area (Å²) in [4.78, 5) is 10.8. The molecule has 0 aliphatic rings. The lowest BCUT2D eigenvalue weighted by Gasteiger charge is -2.14. The number of halogens is 1. The van der Waals surface area contributed by atoms with E-state index in [1.165, 1.54) is 20.3 Å². The first-order valence-corrected chi connectivity index (χ1v) is 4.82. The molecule has 0 aliphatic carbocycles. The second kappa shape index (κ2) is 5.38. The van der Waals surface area contributed by atoms with Gasteiger partial charge in [0.05, 0.1) is 32.3 Å². The number of rotatable bonds is 4. The summed E-state index contributed by atoms with van der Waals surface area (Å²) in [6.07, 6.45) is 0.723. The van der Waals surface area contributed by atoms with Gasteiger partial charge in [-0.3, -0.25) is 4.79 Å². The number of nitriles is 1. The van der Waals surface area contributed by atoms with Gasteiger partial charge >= 0.3 is 0 Å². The fourth-order valence-electron chi connectivity index (χ4n) is 1.42. The fourth-order valence-corrected chi connectivity index (χ4v) is 1.69. The molecule has 1 rings (SSSR count). The van der Waals surface area contributed by atoms with Crippen molar-refractivity contribution in [3.8, 4) is 17.6 Å². The fraction of sp³-hybridized carbons (Fsp3) is 0.273. The van der Waals surface area contributed by atoms with Crippen LogP contribution >= 0.6 is 11.6 Å². The minimum Gasteiger partial charge on any atom is -0.492 e. The maximum atomic E-state index is 10.8. The average Bonchev–Trinajstić information content (AvgIpc) is 2.30. The van der Waals surface area contributed by atoms with Crippen LogP contribution in [0.1, 0.15) is 15.9 Å². The third-order valence-electron chi connectivity index (χ3n) is 2.10. The van der Waals surface area contributed by atoms with Crippen LogP contribution in [0.3, 0.4) is 0 Å². The van der Waals surface area contributed by atoms with Crippen molar-refractivity contribution < 1.29 is 14.3 Å². The quantitative estimate of drug-likeness (QED) is 0.756. The van der Waals surface area contributed by atoms with Crippen LogP contribution in [0.15, 0.2) is 6.07 Å². The van der Waals surface area contributed by atoms with Crippen molar-refractivity contribution in [1.29, 1.82) is 5.26 Å². The van der Waals surface area contributed by atoms with Gasteiger partial charge in [-0.05, 0) is 6.07 Å². The average molecular weight is 240 g/mol. The van der Waals surface area contributed by atoms with Gasteiger partial charge < -0.3 is 9.47 Å². The Hall–Kier alpha value is -1.73. The molecule has 1 aromatic rings. The van der Waals surface area contributed by atoms with E-state index in [4.69, 9.17) is 26.3 Å². The predicted molar refractivity (Wildman–Crippen MR) is 59.3 cm³/mol. The van der Waals surface area contributed by atoms with Gasteiger partial charge in [0.2, 0.25) is 0 Å². The molecule has 0 aliphatic heterocycles. The summed E-state index contributed by atoms with van der Waals surface area (Å²) in [5, 5.41) is 9.00. The van der Waals surface area contributed by atoms with E-state index >= 15 is 0 Å². The Morgan fingerprint density at radius 2 is 2.06 bits per heavy atom. The van der Waals surface area contributed by atoms with Crippen molar-refractivity contribution in [3.05, 3.63) is 22.2 Å². The first kappa shape index (κ1) is 12.3. The minimum atomic E-state index is 0.0947. The molecule has 0 atom stereocenters. The number of aldehydes is 1. The number of nitrogens with zero attached hydrogens (tertiary/aromatic N) is 1. The molecule has 84 valence electrons. The zero-order valence-corrected chi connectivity index (χ0v) is 9.67. The molecule has 0 fully saturated rings. The molecule has 0 heterocycles. The lowest BCUT2D eigenvalue weighted by molar-refractivity contribution is 0.112. The molecule has 0 radical (unpaired) electrons. The molecule has 0 amide bonds. The third kappa shape index (κ3) is 2.10. The summed E-state index contributed by atoms with van der Waals surface area (Å²) < 4.78 is 10.2. The largest absolute Gasteiger partial charge is 0.492 e. The van der Waals surface area contributed by atoms with Crippen LogP contribution in [0.2, 0.25) is 5.02 Å². The highest BCUT2D eigenvalue weighted by Crippen LogP contribution is 2.38. The van der Waals surface area contributed by atoms with E-state index in [2.05, 4.69) is 0 Å². The van der Waals surface area contributed by atoms with Gasteiger partial charge in [0.15, 0.2) is 17.8 Å². The molecule has 16 heavy (non-hydrogen) atoms. The highest BCUT2D eigenvalue weighted by molar-refractivity contribution is 6.32. The summed E-state index contributed by atoms with van der Waals surface area (Å²) in [6.45, 7) is 0. The van der Waals surface area contributed by atoms with Gasteiger partial charge in [-0.15, -0.1) is 0 Å². The SMILES string of the molecule is COc1c(C=O)cc(Cl)c(CC#N)c1OC. The van der Waals surface area contributed by atoms with E-state index in [-0.39, 0.29) is 6.42 Å². The van der Waals surface area contributed by atoms with Gasteiger partial charge in [0, 0.05) is 10.6 Å². The molecular formula is C11H10ClNO3. The summed E-state index contributed by atoms with van der Waals surface area (Å²) >= 11 is 5.95. The minimum absolute atomic E-state index is 0.0947. The van der Waals surface area contributed by atoms with Crippen molar-refractivity contribution in [2.24, 2.45) is 0 Å². The highest BCUT2D eigenvalue weighted by atomic mass is 35.5. The van der Waals surface area contributed by atoms with Crippen LogP contribution in [0.5, 0.6) is 11.5 Å². The van der Waals surface area contributed by atoms with E-state index in [0.29, 0.717) is 33.9 Å². The Bertz CT molecular complexity index is 452. The van der Waals surface area contributed by atoms with E-state index in [1.807, 2.05) is 6.07 Å². The second-order valence-corrected chi connectivity index (χ2v) is 3.35. The van der Waals surface area contributed by atoms with E-state index in [0.717, 1.165) is 0 Å². The maximum Gasteiger partial charge on any atom is 0.171 e. The van der Waals surface area contributed by atoms with Crippen molar-refractivity contribution >= 4 is 17.9 Å². The molecule has 0 saturated carbocycles. The van der Waals surface area contributed by atoms with Crippen LogP contribution in [-0.4, -0.2) is 20.5 Å². The van der Waals surface area contributed by atoms with Crippen molar-refractivity contribution in [2.75, 3.05) is 14.2 Å². The summed E-state index contributed by atoms with van der Waals surface area (Å²) in [5.41, 5.74) is 0.820. The third-order valence-corrected chi connectivity index (χ3v) is 2.44. The van der Waals surface area contributed by atoms with Crippen molar-refractivity contribution in [2.45, 2.75) is 6.42 Å². The number of methoxy groups -OCH3 is 2. The molecule has 0 unspecified atom stereocenters. The van der Waals surface area contributed by atoms with Crippen LogP contribution in [0.25, 0.3) is 0 Å². The van der Waals surface area contributed by atoms with Gasteiger partial charge in [0.1, 0.15) is 0 Å². The second-order valence-electron chi connectivity index (χ2n) is 2.95. The first-order chi connectivity index (χ1) is 7.69. The monoisotopic (exact) mass is 239 g/mol. The molecule has 5 heteroatoms. The Morgan fingerprint density at radius 1 is 1.44 bits per heavy atom. The van der Waals surface area contributed by atoms with Gasteiger partial charge in [0.25, 0.3) is 0 Å². The van der Waals surface area contributed by atoms with Gasteiger partial charge in [-0.25, -0.2) is 0 Å². The number of benzene rings is 1. The molecule has 1 aromatic carbocycles. The number of carbonyl (C=O) groups excluding carboxylic acids is 1. The van der Waals surface area contributed by atoms with Crippen LogP contribution in [0.4, 0.5) is 0 Å². The summed E-state index contributed by atoms with van der Waals surface area (Å²) in [5.74, 6) is 0.630. The number of hydrogen-bond donors (Lipinski definition) is 0. The lowest BCUT2D eigenvalue weighted by atomic mass is 10.1. The molecule has 4 nitrogen and oxygen atoms in total. The maximum absolute atomic E-state index is 10.8. The van der Waals surface area contributed by atoms with E-state index < -0.39 is 0 Å². The lowest BCUT2D eigenvalue weighted by Crippen LogP contribution is -2.00. The van der Waals surface area contributed by atoms with Gasteiger partial charge in [-0.2, -0.15) is 5.26 Å². The molecule has 0 aromatic heterocycles. The van der Waals surface area contributed by atoms with Crippen LogP contribution in [0, 0.1) is 11.3 Å². The zero-order valence-electron chi connectivity index (χ0n) is 8.91. The van der Waals surface area contributed by atoms with Crippen molar-refractivity contribution in [1.82, 2.24) is 0 Å². The smallest absolute Gasteiger partial charge is 0.171 e. The molecule has 0 bridgehead atoms. The van der Waals surface area contributed by atoms with Crippen LogP contribution < -0.4 is 9.47 Å². The molecule has 0 N–H and O–H groups in total. The predicted octanol–water partition coefficient (Wildman–Crippen LogP) is 2.24. The Balaban J connectivity index is 3.52. The Morgan fingerprint density at radius 3 is 2.50 bits per heavy atom. The highest BCUT2D eigenvalue weighted by Gasteiger charge is 2.18. The molecule has 0 spiro atoms. The molecule has 0 saturated heterocycles. The van der Waals surface area contributed by atoms with E-state index in [9.17, 15) is 4.79 Å². The standard InChI is InChI=1S/C11H10ClNO3/c1-15-10-7(6-14)5-9(12)8(3-4-13)11(10)16-2/h5-6H,3H2,1-2H3. The molecular weight excluding hydrogens is 230 g/mol. The normalized spacial score (nSPS) is 9.38. The number of hydrogen-bond acceptors (Lipinski definition) is 4. The zero-order chi connectivity index (χ0) is 12.1. The van der Waals surface area contributed by atoms with Crippen molar-refractivity contribution in [3.63, 3.8) is 0 Å². The Kier molecular flexibility index (Phi) is 4.15. The van der Waals surface area contributed by atoms with Gasteiger partial charge in [-0.1, -0.05) is 11.6 Å². The Labute approximate surface area is 98.3 Å². The topological polar surface area (TPSA) is 59.3 Å². The van der Waals surface area contributed by atoms with Crippen LogP contribution in [-0.2, 0) is 6.42 Å². The summed E-state index contributed by atoms with van der Waals surface area (Å²) in [6, 6.07) is 3.44. The number of carbonyl (C=O) groups is 1. The number of ether oxygens (including phenoxy) is 2. The summed E-state index contributed by atoms with van der Waals surface area (Å²) in [7, 11) is 2.86. The first-order valence-electron chi connectivity index (χ1n) is 4.45.